The minimum Gasteiger partial charge on any atom is -0.455 e. The molecule has 0 bridgehead atoms. The van der Waals surface area contributed by atoms with Gasteiger partial charge in [-0.3, -0.25) is 9.59 Å². The molecule has 0 heterocycles. The Morgan fingerprint density at radius 1 is 1.04 bits per heavy atom. The number of hydrogen-bond acceptors (Lipinski definition) is 4. The molecule has 0 aliphatic rings. The lowest BCUT2D eigenvalue weighted by atomic mass is 10.3. The first kappa shape index (κ1) is 19.3. The van der Waals surface area contributed by atoms with Crippen molar-refractivity contribution in [2.45, 2.75) is 4.90 Å². The van der Waals surface area contributed by atoms with E-state index < -0.39 is 41.6 Å². The number of esters is 1. The molecule has 2 aromatic carbocycles. The Hall–Kier alpha value is -2.00. The first-order valence-corrected chi connectivity index (χ1v) is 8.62. The predicted octanol–water partition coefficient (Wildman–Crippen LogP) is 4.14. The van der Waals surface area contributed by atoms with E-state index in [-0.39, 0.29) is 5.75 Å². The lowest BCUT2D eigenvalue weighted by molar-refractivity contribution is -0.144. The second-order valence-corrected chi connectivity index (χ2v) is 6.64. The number of amides is 1. The van der Waals surface area contributed by atoms with Crippen LogP contribution in [0.3, 0.4) is 0 Å². The number of benzene rings is 2. The predicted molar refractivity (Wildman–Crippen MR) is 90.8 cm³/mol. The van der Waals surface area contributed by atoms with Crippen LogP contribution in [0.4, 0.5) is 18.9 Å². The van der Waals surface area contributed by atoms with Gasteiger partial charge in [0.2, 0.25) is 0 Å². The van der Waals surface area contributed by atoms with Gasteiger partial charge in [-0.05, 0) is 36.4 Å². The molecule has 0 saturated heterocycles. The Morgan fingerprint density at radius 3 is 2.40 bits per heavy atom. The SMILES string of the molecule is O=C(COC(=O)CSc1ccc(Br)cc1)Nc1ccc(F)c(F)c1F. The number of rotatable bonds is 6. The molecule has 0 spiro atoms. The molecule has 0 aliphatic carbocycles. The number of ether oxygens (including phenoxy) is 1. The van der Waals surface area contributed by atoms with Crippen molar-refractivity contribution in [1.29, 1.82) is 0 Å². The second kappa shape index (κ2) is 8.91. The molecule has 0 aromatic heterocycles. The van der Waals surface area contributed by atoms with E-state index in [4.69, 9.17) is 4.74 Å². The summed E-state index contributed by atoms with van der Waals surface area (Å²) in [5.74, 6) is -6.12. The molecular weight excluding hydrogens is 423 g/mol. The minimum atomic E-state index is -1.69. The first-order chi connectivity index (χ1) is 11.9. The maximum absolute atomic E-state index is 13.4. The summed E-state index contributed by atoms with van der Waals surface area (Å²) in [6.07, 6.45) is 0. The Labute approximate surface area is 153 Å². The number of hydrogen-bond donors (Lipinski definition) is 1. The van der Waals surface area contributed by atoms with Crippen molar-refractivity contribution in [1.82, 2.24) is 0 Å². The zero-order chi connectivity index (χ0) is 18.4. The molecule has 25 heavy (non-hydrogen) atoms. The third-order valence-corrected chi connectivity index (χ3v) is 4.36. The topological polar surface area (TPSA) is 55.4 Å². The van der Waals surface area contributed by atoms with Crippen molar-refractivity contribution in [3.8, 4) is 0 Å². The quantitative estimate of drug-likeness (QED) is 0.422. The molecule has 1 amide bonds. The van der Waals surface area contributed by atoms with Gasteiger partial charge in [-0.2, -0.15) is 0 Å². The highest BCUT2D eigenvalue weighted by atomic mass is 79.9. The average molecular weight is 434 g/mol. The van der Waals surface area contributed by atoms with Gasteiger partial charge in [-0.15, -0.1) is 11.8 Å². The van der Waals surface area contributed by atoms with E-state index in [1.807, 2.05) is 17.4 Å². The van der Waals surface area contributed by atoms with Gasteiger partial charge in [0.25, 0.3) is 5.91 Å². The molecule has 1 N–H and O–H groups in total. The molecule has 0 atom stereocenters. The van der Waals surface area contributed by atoms with Crippen LogP contribution in [0.25, 0.3) is 0 Å². The van der Waals surface area contributed by atoms with Crippen LogP contribution in [-0.4, -0.2) is 24.2 Å². The van der Waals surface area contributed by atoms with Gasteiger partial charge < -0.3 is 10.1 Å². The summed E-state index contributed by atoms with van der Waals surface area (Å²) in [5.41, 5.74) is -0.538. The van der Waals surface area contributed by atoms with Crippen LogP contribution in [0.2, 0.25) is 0 Å². The van der Waals surface area contributed by atoms with E-state index in [1.165, 1.54) is 11.8 Å². The highest BCUT2D eigenvalue weighted by molar-refractivity contribution is 9.10. The van der Waals surface area contributed by atoms with E-state index in [0.29, 0.717) is 6.07 Å². The zero-order valence-corrected chi connectivity index (χ0v) is 14.9. The molecule has 0 aliphatic heterocycles. The number of anilines is 1. The highest BCUT2D eigenvalue weighted by Crippen LogP contribution is 2.21. The van der Waals surface area contributed by atoms with E-state index in [1.54, 1.807) is 12.1 Å². The summed E-state index contributed by atoms with van der Waals surface area (Å²) in [6.45, 7) is -0.668. The van der Waals surface area contributed by atoms with Crippen LogP contribution in [0.5, 0.6) is 0 Å². The van der Waals surface area contributed by atoms with E-state index in [0.717, 1.165) is 15.4 Å². The number of thioether (sulfide) groups is 1. The summed E-state index contributed by atoms with van der Waals surface area (Å²) >= 11 is 4.51. The number of halogens is 4. The van der Waals surface area contributed by atoms with Crippen LogP contribution >= 0.6 is 27.7 Å². The third-order valence-electron chi connectivity index (χ3n) is 2.84. The molecule has 0 radical (unpaired) electrons. The van der Waals surface area contributed by atoms with Gasteiger partial charge in [-0.25, -0.2) is 13.2 Å². The van der Waals surface area contributed by atoms with Crippen LogP contribution in [-0.2, 0) is 14.3 Å². The van der Waals surface area contributed by atoms with E-state index in [9.17, 15) is 22.8 Å². The minimum absolute atomic E-state index is 0.0194. The Bertz CT molecular complexity index is 787. The molecule has 0 saturated carbocycles. The maximum atomic E-state index is 13.4. The maximum Gasteiger partial charge on any atom is 0.316 e. The van der Waals surface area contributed by atoms with Crippen molar-refractivity contribution >= 4 is 45.3 Å². The van der Waals surface area contributed by atoms with Gasteiger partial charge in [0.05, 0.1) is 11.4 Å². The lowest BCUT2D eigenvalue weighted by Gasteiger charge is -2.08. The summed E-state index contributed by atoms with van der Waals surface area (Å²) in [4.78, 5) is 24.0. The highest BCUT2D eigenvalue weighted by Gasteiger charge is 2.16. The fourth-order valence-corrected chi connectivity index (χ4v) is 2.63. The van der Waals surface area contributed by atoms with Crippen molar-refractivity contribution < 1.29 is 27.5 Å². The number of nitrogens with one attached hydrogen (secondary N) is 1. The molecule has 132 valence electrons. The normalized spacial score (nSPS) is 10.4. The largest absolute Gasteiger partial charge is 0.455 e. The second-order valence-electron chi connectivity index (χ2n) is 4.67. The average Bonchev–Trinajstić information content (AvgIpc) is 2.60. The van der Waals surface area contributed by atoms with Crippen LogP contribution in [0.1, 0.15) is 0 Å². The number of carbonyl (C=O) groups excluding carboxylic acids is 2. The van der Waals surface area contributed by atoms with Crippen LogP contribution < -0.4 is 5.32 Å². The lowest BCUT2D eigenvalue weighted by Crippen LogP contribution is -2.22. The zero-order valence-electron chi connectivity index (χ0n) is 12.5. The molecule has 9 heteroatoms. The number of carbonyl (C=O) groups is 2. The van der Waals surface area contributed by atoms with Gasteiger partial charge in [0, 0.05) is 9.37 Å². The van der Waals surface area contributed by atoms with Crippen molar-refractivity contribution in [3.63, 3.8) is 0 Å². The third kappa shape index (κ3) is 5.79. The van der Waals surface area contributed by atoms with E-state index >= 15 is 0 Å². The Morgan fingerprint density at radius 2 is 1.72 bits per heavy atom. The smallest absolute Gasteiger partial charge is 0.316 e. The molecular formula is C16H11BrF3NO3S. The van der Waals surface area contributed by atoms with Crippen LogP contribution in [0, 0.1) is 17.5 Å². The molecule has 0 fully saturated rings. The van der Waals surface area contributed by atoms with Crippen LogP contribution in [0.15, 0.2) is 45.8 Å². The monoisotopic (exact) mass is 433 g/mol. The Kier molecular flexibility index (Phi) is 6.89. The van der Waals surface area contributed by atoms with Gasteiger partial charge >= 0.3 is 5.97 Å². The van der Waals surface area contributed by atoms with E-state index in [2.05, 4.69) is 15.9 Å². The first-order valence-electron chi connectivity index (χ1n) is 6.84. The van der Waals surface area contributed by atoms with Gasteiger partial charge in [0.1, 0.15) is 0 Å². The summed E-state index contributed by atoms with van der Waals surface area (Å²) < 4.78 is 44.9. The van der Waals surface area contributed by atoms with Gasteiger partial charge in [0.15, 0.2) is 24.1 Å². The van der Waals surface area contributed by atoms with Crippen molar-refractivity contribution in [2.75, 3.05) is 17.7 Å². The molecule has 4 nitrogen and oxygen atoms in total. The molecule has 2 aromatic rings. The van der Waals surface area contributed by atoms with Crippen molar-refractivity contribution in [2.24, 2.45) is 0 Å². The summed E-state index contributed by atoms with van der Waals surface area (Å²) in [6, 6.07) is 8.79. The van der Waals surface area contributed by atoms with Crippen molar-refractivity contribution in [3.05, 3.63) is 58.3 Å². The van der Waals surface area contributed by atoms with Gasteiger partial charge in [-0.1, -0.05) is 15.9 Å². The molecule has 2 rings (SSSR count). The fraction of sp³-hybridized carbons (Fsp3) is 0.125. The molecule has 0 unspecified atom stereocenters. The summed E-state index contributed by atoms with van der Waals surface area (Å²) in [7, 11) is 0. The standard InChI is InChI=1S/C16H11BrF3NO3S/c17-9-1-3-10(4-2-9)25-8-14(23)24-7-13(22)21-12-6-5-11(18)15(19)16(12)20/h1-6H,7-8H2,(H,21,22). The fourth-order valence-electron chi connectivity index (χ4n) is 1.67. The Balaban J connectivity index is 1.78. The summed E-state index contributed by atoms with van der Waals surface area (Å²) in [5, 5.41) is 2.00.